The largest absolute Gasteiger partial charge is 0.384 e. The second-order valence-electron chi connectivity index (χ2n) is 4.18. The van der Waals surface area contributed by atoms with Crippen molar-refractivity contribution < 1.29 is 8.78 Å². The van der Waals surface area contributed by atoms with E-state index < -0.39 is 17.7 Å². The summed E-state index contributed by atoms with van der Waals surface area (Å²) in [7, 11) is 0. The molecule has 1 aromatic carbocycles. The smallest absolute Gasteiger partial charge is 0.128 e. The number of anilines is 1. The molecule has 0 amide bonds. The minimum Gasteiger partial charge on any atom is -0.384 e. The van der Waals surface area contributed by atoms with Gasteiger partial charge in [-0.05, 0) is 42.3 Å². The van der Waals surface area contributed by atoms with Gasteiger partial charge in [0.05, 0.1) is 6.04 Å². The number of aromatic nitrogens is 1. The summed E-state index contributed by atoms with van der Waals surface area (Å²) in [5.74, 6) is 4.78. The van der Waals surface area contributed by atoms with Gasteiger partial charge in [-0.3, -0.25) is 11.3 Å². The molecule has 0 aliphatic carbocycles. The first-order valence-corrected chi connectivity index (χ1v) is 5.71. The van der Waals surface area contributed by atoms with Crippen molar-refractivity contribution in [1.29, 1.82) is 0 Å². The molecule has 6 heteroatoms. The molecule has 1 heterocycles. The number of halogens is 2. The zero-order chi connectivity index (χ0) is 13.8. The molecule has 5 N–H and O–H groups in total. The van der Waals surface area contributed by atoms with Crippen LogP contribution >= 0.6 is 0 Å². The third-order valence-electron chi connectivity index (χ3n) is 2.82. The Morgan fingerprint density at radius 3 is 2.68 bits per heavy atom. The number of benzene rings is 1. The molecule has 0 saturated heterocycles. The van der Waals surface area contributed by atoms with E-state index in [1.165, 1.54) is 0 Å². The summed E-state index contributed by atoms with van der Waals surface area (Å²) in [5, 5.41) is 0. The third-order valence-corrected chi connectivity index (χ3v) is 2.82. The first-order valence-electron chi connectivity index (χ1n) is 5.71. The van der Waals surface area contributed by atoms with E-state index in [4.69, 9.17) is 11.6 Å². The summed E-state index contributed by atoms with van der Waals surface area (Å²) in [4.78, 5) is 3.87. The van der Waals surface area contributed by atoms with Crippen LogP contribution in [0.15, 0.2) is 36.5 Å². The predicted octanol–water partition coefficient (Wildman–Crippen LogP) is 1.69. The number of nitrogens with one attached hydrogen (secondary N) is 1. The van der Waals surface area contributed by atoms with Gasteiger partial charge in [-0.15, -0.1) is 0 Å². The van der Waals surface area contributed by atoms with E-state index in [2.05, 4.69) is 10.4 Å². The lowest BCUT2D eigenvalue weighted by atomic mass is 9.99. The number of pyridine rings is 1. The monoisotopic (exact) mass is 264 g/mol. The fourth-order valence-corrected chi connectivity index (χ4v) is 1.90. The normalized spacial score (nSPS) is 12.4. The number of nitrogens with two attached hydrogens (primary N) is 2. The Hall–Kier alpha value is -2.05. The maximum Gasteiger partial charge on any atom is 0.128 e. The summed E-state index contributed by atoms with van der Waals surface area (Å²) < 4.78 is 26.9. The third kappa shape index (κ3) is 3.24. The molecule has 0 radical (unpaired) electrons. The van der Waals surface area contributed by atoms with Crippen LogP contribution in [0.1, 0.15) is 17.2 Å². The number of hydrogen-bond acceptors (Lipinski definition) is 4. The van der Waals surface area contributed by atoms with E-state index in [1.807, 2.05) is 0 Å². The fourth-order valence-electron chi connectivity index (χ4n) is 1.90. The Balaban J connectivity index is 2.27. The van der Waals surface area contributed by atoms with Crippen LogP contribution in [0.4, 0.5) is 14.6 Å². The van der Waals surface area contributed by atoms with Crippen molar-refractivity contribution in [3.63, 3.8) is 0 Å². The van der Waals surface area contributed by atoms with E-state index >= 15 is 0 Å². The molecular weight excluding hydrogens is 250 g/mol. The van der Waals surface area contributed by atoms with Crippen molar-refractivity contribution in [3.05, 3.63) is 59.3 Å². The Bertz CT molecular complexity index is 574. The second-order valence-corrected chi connectivity index (χ2v) is 4.18. The van der Waals surface area contributed by atoms with Crippen molar-refractivity contribution in [2.24, 2.45) is 5.84 Å². The Kier molecular flexibility index (Phi) is 4.03. The van der Waals surface area contributed by atoms with E-state index in [0.29, 0.717) is 12.2 Å². The van der Waals surface area contributed by atoms with Crippen molar-refractivity contribution in [3.8, 4) is 0 Å². The zero-order valence-corrected chi connectivity index (χ0v) is 10.1. The van der Waals surface area contributed by atoms with Crippen LogP contribution in [0.3, 0.4) is 0 Å². The number of nitrogen functional groups attached to an aromatic ring is 1. The molecule has 2 aromatic rings. The summed E-state index contributed by atoms with van der Waals surface area (Å²) in [6.45, 7) is 0. The van der Waals surface area contributed by atoms with Gasteiger partial charge in [0.2, 0.25) is 0 Å². The molecule has 0 saturated carbocycles. The van der Waals surface area contributed by atoms with Gasteiger partial charge in [0.1, 0.15) is 17.5 Å². The molecule has 100 valence electrons. The molecule has 0 fully saturated rings. The van der Waals surface area contributed by atoms with Crippen LogP contribution in [0.2, 0.25) is 0 Å². The molecule has 19 heavy (non-hydrogen) atoms. The Morgan fingerprint density at radius 1 is 1.21 bits per heavy atom. The lowest BCUT2D eigenvalue weighted by Crippen LogP contribution is -2.30. The molecule has 0 aliphatic heterocycles. The molecule has 1 unspecified atom stereocenters. The van der Waals surface area contributed by atoms with Gasteiger partial charge in [-0.1, -0.05) is 0 Å². The van der Waals surface area contributed by atoms with E-state index in [-0.39, 0.29) is 5.56 Å². The maximum absolute atomic E-state index is 13.7. The van der Waals surface area contributed by atoms with Gasteiger partial charge in [-0.2, -0.15) is 0 Å². The van der Waals surface area contributed by atoms with Gasteiger partial charge in [-0.25, -0.2) is 13.8 Å². The van der Waals surface area contributed by atoms with Gasteiger partial charge in [0, 0.05) is 11.8 Å². The number of hydrazine groups is 1. The van der Waals surface area contributed by atoms with Crippen molar-refractivity contribution >= 4 is 5.82 Å². The molecule has 0 spiro atoms. The molecule has 2 rings (SSSR count). The van der Waals surface area contributed by atoms with Crippen molar-refractivity contribution in [1.82, 2.24) is 10.4 Å². The fraction of sp³-hybridized carbons (Fsp3) is 0.154. The summed E-state index contributed by atoms with van der Waals surface area (Å²) in [6, 6.07) is 6.15. The van der Waals surface area contributed by atoms with Crippen LogP contribution in [0.25, 0.3) is 0 Å². The van der Waals surface area contributed by atoms with Crippen LogP contribution < -0.4 is 17.0 Å². The molecule has 1 atom stereocenters. The molecule has 4 nitrogen and oxygen atoms in total. The van der Waals surface area contributed by atoms with Gasteiger partial charge >= 0.3 is 0 Å². The molecule has 0 bridgehead atoms. The van der Waals surface area contributed by atoms with Gasteiger partial charge < -0.3 is 5.73 Å². The number of hydrogen-bond donors (Lipinski definition) is 3. The lowest BCUT2D eigenvalue weighted by molar-refractivity contribution is 0.502. The highest BCUT2D eigenvalue weighted by atomic mass is 19.1. The van der Waals surface area contributed by atoms with Crippen molar-refractivity contribution in [2.45, 2.75) is 12.5 Å². The average molecular weight is 264 g/mol. The predicted molar refractivity (Wildman–Crippen MR) is 68.8 cm³/mol. The summed E-state index contributed by atoms with van der Waals surface area (Å²) in [6.07, 6.45) is 1.93. The van der Waals surface area contributed by atoms with Crippen LogP contribution in [-0.4, -0.2) is 4.98 Å². The number of nitrogens with zero attached hydrogens (tertiary/aromatic N) is 1. The lowest BCUT2D eigenvalue weighted by Gasteiger charge is -2.17. The summed E-state index contributed by atoms with van der Waals surface area (Å²) in [5.41, 5.74) is 9.07. The van der Waals surface area contributed by atoms with Crippen molar-refractivity contribution in [2.75, 3.05) is 5.73 Å². The van der Waals surface area contributed by atoms with Gasteiger partial charge in [0.15, 0.2) is 0 Å². The Morgan fingerprint density at radius 2 is 2.00 bits per heavy atom. The maximum atomic E-state index is 13.7. The molecule has 1 aromatic heterocycles. The Labute approximate surface area is 109 Å². The highest BCUT2D eigenvalue weighted by molar-refractivity contribution is 5.33. The van der Waals surface area contributed by atoms with Gasteiger partial charge in [0.25, 0.3) is 0 Å². The first-order chi connectivity index (χ1) is 9.10. The minimum atomic E-state index is -0.544. The van der Waals surface area contributed by atoms with E-state index in [1.54, 1.807) is 18.3 Å². The quantitative estimate of drug-likeness (QED) is 0.580. The number of rotatable bonds is 4. The first kappa shape index (κ1) is 13.4. The standard InChI is InChI=1S/C13H14F2N4/c14-9-1-2-11(15)10(7-9)12(19-17)5-8-3-4-18-13(16)6-8/h1-4,6-7,12,19H,5,17H2,(H2,16,18). The van der Waals surface area contributed by atoms with Crippen LogP contribution in [0.5, 0.6) is 0 Å². The molecule has 0 aliphatic rings. The minimum absolute atomic E-state index is 0.179. The summed E-state index contributed by atoms with van der Waals surface area (Å²) >= 11 is 0. The van der Waals surface area contributed by atoms with Crippen LogP contribution in [0, 0.1) is 11.6 Å². The highest BCUT2D eigenvalue weighted by Crippen LogP contribution is 2.22. The SMILES string of the molecule is NNC(Cc1ccnc(N)c1)c1cc(F)ccc1F. The highest BCUT2D eigenvalue weighted by Gasteiger charge is 2.16. The topological polar surface area (TPSA) is 77.0 Å². The van der Waals surface area contributed by atoms with Crippen LogP contribution in [-0.2, 0) is 6.42 Å². The van der Waals surface area contributed by atoms with E-state index in [0.717, 1.165) is 23.8 Å². The average Bonchev–Trinajstić information content (AvgIpc) is 2.39. The van der Waals surface area contributed by atoms with E-state index in [9.17, 15) is 8.78 Å². The zero-order valence-electron chi connectivity index (χ0n) is 10.1. The molecular formula is C13H14F2N4. The second kappa shape index (κ2) is 5.73.